The maximum Gasteiger partial charge on any atom is 0.254 e. The first kappa shape index (κ1) is 16.8. The molecule has 4 unspecified atom stereocenters. The molecule has 0 radical (unpaired) electrons. The molecule has 2 fully saturated rings. The highest BCUT2D eigenvalue weighted by Gasteiger charge is 2.43. The lowest BCUT2D eigenvalue weighted by atomic mass is 9.77. The molecule has 1 amide bonds. The van der Waals surface area contributed by atoms with Crippen LogP contribution in [0.25, 0.3) is 0 Å². The fourth-order valence-corrected chi connectivity index (χ4v) is 3.93. The van der Waals surface area contributed by atoms with Gasteiger partial charge in [0.2, 0.25) is 0 Å². The van der Waals surface area contributed by atoms with Crippen molar-refractivity contribution in [3.63, 3.8) is 0 Å². The SMILES string of the molecule is CCC(C)(OC)C(=O)N1CCCCC1C1CCCCC1O. The molecule has 122 valence electrons. The Morgan fingerprint density at radius 1 is 1.24 bits per heavy atom. The Balaban J connectivity index is 2.16. The summed E-state index contributed by atoms with van der Waals surface area (Å²) in [6.07, 6.45) is 7.91. The third-order valence-electron chi connectivity index (χ3n) is 5.66. The Kier molecular flexibility index (Phi) is 5.67. The second kappa shape index (κ2) is 7.10. The Labute approximate surface area is 128 Å². The molecule has 2 aliphatic rings. The minimum atomic E-state index is -0.727. The van der Waals surface area contributed by atoms with Gasteiger partial charge in [-0.3, -0.25) is 4.79 Å². The zero-order valence-electron chi connectivity index (χ0n) is 13.8. The van der Waals surface area contributed by atoms with Gasteiger partial charge < -0.3 is 14.7 Å². The molecule has 1 heterocycles. The first-order valence-corrected chi connectivity index (χ1v) is 8.57. The number of amides is 1. The van der Waals surface area contributed by atoms with E-state index in [1.165, 1.54) is 6.42 Å². The van der Waals surface area contributed by atoms with Crippen LogP contribution < -0.4 is 0 Å². The third-order valence-corrected chi connectivity index (χ3v) is 5.66. The van der Waals surface area contributed by atoms with Gasteiger partial charge in [-0.2, -0.15) is 0 Å². The van der Waals surface area contributed by atoms with E-state index in [-0.39, 0.29) is 24.0 Å². The average molecular weight is 297 g/mol. The van der Waals surface area contributed by atoms with Crippen LogP contribution in [0.1, 0.15) is 65.2 Å². The Morgan fingerprint density at radius 2 is 1.90 bits per heavy atom. The average Bonchev–Trinajstić information content (AvgIpc) is 2.54. The summed E-state index contributed by atoms with van der Waals surface area (Å²) in [6, 6.07) is 0.197. The second-order valence-electron chi connectivity index (χ2n) is 6.87. The maximum atomic E-state index is 13.0. The molecular formula is C17H31NO3. The molecule has 2 rings (SSSR count). The van der Waals surface area contributed by atoms with Gasteiger partial charge >= 0.3 is 0 Å². The lowest BCUT2D eigenvalue weighted by molar-refractivity contribution is -0.160. The summed E-state index contributed by atoms with van der Waals surface area (Å²) >= 11 is 0. The van der Waals surface area contributed by atoms with Crippen molar-refractivity contribution in [1.82, 2.24) is 4.90 Å². The van der Waals surface area contributed by atoms with E-state index >= 15 is 0 Å². The molecule has 1 aliphatic heterocycles. The number of piperidine rings is 1. The van der Waals surface area contributed by atoms with E-state index in [9.17, 15) is 9.90 Å². The molecule has 4 atom stereocenters. The molecular weight excluding hydrogens is 266 g/mol. The predicted molar refractivity (Wildman–Crippen MR) is 83.0 cm³/mol. The zero-order valence-corrected chi connectivity index (χ0v) is 13.8. The minimum absolute atomic E-state index is 0.106. The van der Waals surface area contributed by atoms with Crippen LogP contribution in [-0.2, 0) is 9.53 Å². The molecule has 1 N–H and O–H groups in total. The number of likely N-dealkylation sites (tertiary alicyclic amines) is 1. The van der Waals surface area contributed by atoms with Crippen molar-refractivity contribution in [3.8, 4) is 0 Å². The van der Waals surface area contributed by atoms with E-state index in [1.807, 2.05) is 18.7 Å². The fourth-order valence-electron chi connectivity index (χ4n) is 3.93. The number of rotatable bonds is 4. The molecule has 0 aromatic carbocycles. The van der Waals surface area contributed by atoms with E-state index in [2.05, 4.69) is 0 Å². The van der Waals surface area contributed by atoms with Crippen LogP contribution in [0.15, 0.2) is 0 Å². The first-order valence-electron chi connectivity index (χ1n) is 8.57. The summed E-state index contributed by atoms with van der Waals surface area (Å²) in [5, 5.41) is 10.4. The molecule has 0 spiro atoms. The van der Waals surface area contributed by atoms with Gasteiger partial charge in [-0.05, 0) is 45.4 Å². The Morgan fingerprint density at radius 3 is 2.52 bits per heavy atom. The molecule has 1 saturated heterocycles. The number of hydrogen-bond acceptors (Lipinski definition) is 3. The van der Waals surface area contributed by atoms with Gasteiger partial charge in [-0.25, -0.2) is 0 Å². The molecule has 4 nitrogen and oxygen atoms in total. The number of aliphatic hydroxyl groups excluding tert-OH is 1. The Bertz CT molecular complexity index is 354. The van der Waals surface area contributed by atoms with Gasteiger partial charge in [0.1, 0.15) is 5.60 Å². The van der Waals surface area contributed by atoms with Crippen LogP contribution in [0.4, 0.5) is 0 Å². The Hall–Kier alpha value is -0.610. The number of nitrogens with zero attached hydrogens (tertiary/aromatic N) is 1. The summed E-state index contributed by atoms with van der Waals surface area (Å²) in [5.41, 5.74) is -0.727. The number of carbonyl (C=O) groups is 1. The molecule has 0 aromatic heterocycles. The lowest BCUT2D eigenvalue weighted by Crippen LogP contribution is -2.57. The number of aliphatic hydroxyl groups is 1. The molecule has 1 aliphatic carbocycles. The van der Waals surface area contributed by atoms with Crippen LogP contribution in [0.2, 0.25) is 0 Å². The van der Waals surface area contributed by atoms with Crippen molar-refractivity contribution in [2.24, 2.45) is 5.92 Å². The van der Waals surface area contributed by atoms with Crippen molar-refractivity contribution in [2.45, 2.75) is 83.0 Å². The van der Waals surface area contributed by atoms with E-state index < -0.39 is 5.60 Å². The number of ether oxygens (including phenoxy) is 1. The summed E-state index contributed by atoms with van der Waals surface area (Å²) in [4.78, 5) is 15.0. The molecule has 21 heavy (non-hydrogen) atoms. The van der Waals surface area contributed by atoms with Crippen LogP contribution in [0, 0.1) is 5.92 Å². The largest absolute Gasteiger partial charge is 0.393 e. The van der Waals surface area contributed by atoms with E-state index in [1.54, 1.807) is 7.11 Å². The van der Waals surface area contributed by atoms with Crippen molar-refractivity contribution >= 4 is 5.91 Å². The smallest absolute Gasteiger partial charge is 0.254 e. The number of carbonyl (C=O) groups excluding carboxylic acids is 1. The standard InChI is InChI=1S/C17H31NO3/c1-4-17(2,21-3)16(20)18-12-8-7-10-14(18)13-9-5-6-11-15(13)19/h13-15,19H,4-12H2,1-3H3. The van der Waals surface area contributed by atoms with Crippen LogP contribution in [0.3, 0.4) is 0 Å². The second-order valence-corrected chi connectivity index (χ2v) is 6.87. The van der Waals surface area contributed by atoms with E-state index in [4.69, 9.17) is 4.74 Å². The van der Waals surface area contributed by atoms with Gasteiger partial charge in [0.25, 0.3) is 5.91 Å². The van der Waals surface area contributed by atoms with Gasteiger partial charge in [0.15, 0.2) is 0 Å². The summed E-state index contributed by atoms with van der Waals surface area (Å²) < 4.78 is 5.51. The zero-order chi connectivity index (χ0) is 15.5. The van der Waals surface area contributed by atoms with Crippen LogP contribution in [0.5, 0.6) is 0 Å². The quantitative estimate of drug-likeness (QED) is 0.868. The molecule has 0 bridgehead atoms. The highest BCUT2D eigenvalue weighted by molar-refractivity contribution is 5.85. The van der Waals surface area contributed by atoms with Crippen molar-refractivity contribution in [3.05, 3.63) is 0 Å². The number of methoxy groups -OCH3 is 1. The highest BCUT2D eigenvalue weighted by atomic mass is 16.5. The van der Waals surface area contributed by atoms with E-state index in [0.29, 0.717) is 6.42 Å². The summed E-state index contributed by atoms with van der Waals surface area (Å²) in [6.45, 7) is 4.69. The van der Waals surface area contributed by atoms with Crippen molar-refractivity contribution in [2.75, 3.05) is 13.7 Å². The van der Waals surface area contributed by atoms with Crippen LogP contribution in [-0.4, -0.2) is 47.3 Å². The topological polar surface area (TPSA) is 49.8 Å². The predicted octanol–water partition coefficient (Wildman–Crippen LogP) is 2.73. The minimum Gasteiger partial charge on any atom is -0.393 e. The monoisotopic (exact) mass is 297 g/mol. The van der Waals surface area contributed by atoms with E-state index in [0.717, 1.165) is 45.1 Å². The van der Waals surface area contributed by atoms with Gasteiger partial charge in [0.05, 0.1) is 6.10 Å². The summed E-state index contributed by atoms with van der Waals surface area (Å²) in [7, 11) is 1.62. The maximum absolute atomic E-state index is 13.0. The highest BCUT2D eigenvalue weighted by Crippen LogP contribution is 2.35. The fraction of sp³-hybridized carbons (Fsp3) is 0.941. The number of hydrogen-bond donors (Lipinski definition) is 1. The normalized spacial score (nSPS) is 33.5. The lowest BCUT2D eigenvalue weighted by Gasteiger charge is -2.46. The van der Waals surface area contributed by atoms with Gasteiger partial charge in [-0.1, -0.05) is 19.8 Å². The van der Waals surface area contributed by atoms with Crippen molar-refractivity contribution < 1.29 is 14.6 Å². The summed E-state index contributed by atoms with van der Waals surface area (Å²) in [5.74, 6) is 0.357. The third kappa shape index (κ3) is 3.42. The molecule has 4 heteroatoms. The molecule has 1 saturated carbocycles. The molecule has 0 aromatic rings. The first-order chi connectivity index (χ1) is 10.0. The van der Waals surface area contributed by atoms with Crippen LogP contribution >= 0.6 is 0 Å². The van der Waals surface area contributed by atoms with Gasteiger partial charge in [0, 0.05) is 25.6 Å². The van der Waals surface area contributed by atoms with Gasteiger partial charge in [-0.15, -0.1) is 0 Å². The van der Waals surface area contributed by atoms with Crippen molar-refractivity contribution in [1.29, 1.82) is 0 Å².